The van der Waals surface area contributed by atoms with E-state index in [0.29, 0.717) is 16.8 Å². The van der Waals surface area contributed by atoms with Crippen molar-refractivity contribution < 1.29 is 14.8 Å². The monoisotopic (exact) mass is 339 g/mol. The second-order valence-electron chi connectivity index (χ2n) is 4.82. The SMILES string of the molecule is O=C(Nc1nc(-c2ccccc2)c(C(=O)NO)s1)c1ccccc1. The van der Waals surface area contributed by atoms with Crippen LogP contribution in [0.25, 0.3) is 11.3 Å². The van der Waals surface area contributed by atoms with Crippen molar-refractivity contribution in [3.8, 4) is 11.3 Å². The molecular formula is C17H13N3O3S. The van der Waals surface area contributed by atoms with E-state index in [0.717, 1.165) is 11.3 Å². The minimum atomic E-state index is -0.674. The van der Waals surface area contributed by atoms with Crippen LogP contribution in [0.15, 0.2) is 60.7 Å². The molecule has 0 bridgehead atoms. The third-order valence-corrected chi connectivity index (χ3v) is 4.21. The molecule has 0 aliphatic heterocycles. The average Bonchev–Trinajstić information content (AvgIpc) is 3.06. The highest BCUT2D eigenvalue weighted by molar-refractivity contribution is 7.18. The standard InChI is InChI=1S/C17H13N3O3S/c21-15(12-9-5-2-6-10-12)19-17-18-13(11-7-3-1-4-8-11)14(24-17)16(22)20-23/h1-10,23H,(H,20,22)(H,18,19,21). The van der Waals surface area contributed by atoms with E-state index in [9.17, 15) is 9.59 Å². The van der Waals surface area contributed by atoms with Crippen LogP contribution in [0.2, 0.25) is 0 Å². The molecule has 0 fully saturated rings. The Balaban J connectivity index is 1.94. The molecule has 0 aliphatic carbocycles. The average molecular weight is 339 g/mol. The van der Waals surface area contributed by atoms with Gasteiger partial charge in [0.25, 0.3) is 11.8 Å². The molecule has 24 heavy (non-hydrogen) atoms. The number of amides is 2. The van der Waals surface area contributed by atoms with Gasteiger partial charge in [0.05, 0.1) is 5.69 Å². The van der Waals surface area contributed by atoms with Gasteiger partial charge in [0.2, 0.25) is 0 Å². The quantitative estimate of drug-likeness (QED) is 0.503. The number of benzene rings is 2. The van der Waals surface area contributed by atoms with Crippen molar-refractivity contribution in [2.45, 2.75) is 0 Å². The van der Waals surface area contributed by atoms with Gasteiger partial charge in [0.15, 0.2) is 5.13 Å². The van der Waals surface area contributed by atoms with Crippen LogP contribution in [0.5, 0.6) is 0 Å². The summed E-state index contributed by atoms with van der Waals surface area (Å²) in [5.41, 5.74) is 3.21. The molecular weight excluding hydrogens is 326 g/mol. The first-order chi connectivity index (χ1) is 11.7. The first kappa shape index (κ1) is 15.9. The van der Waals surface area contributed by atoms with E-state index in [2.05, 4.69) is 10.3 Å². The van der Waals surface area contributed by atoms with Crippen LogP contribution < -0.4 is 10.8 Å². The summed E-state index contributed by atoms with van der Waals surface area (Å²) in [5, 5.41) is 11.9. The Morgan fingerprint density at radius 2 is 1.54 bits per heavy atom. The van der Waals surface area contributed by atoms with Crippen molar-refractivity contribution in [3.05, 3.63) is 71.1 Å². The molecule has 0 spiro atoms. The van der Waals surface area contributed by atoms with Gasteiger partial charge >= 0.3 is 0 Å². The van der Waals surface area contributed by atoms with Gasteiger partial charge in [-0.3, -0.25) is 20.1 Å². The summed E-state index contributed by atoms with van der Waals surface area (Å²) in [5.74, 6) is -0.994. The van der Waals surface area contributed by atoms with E-state index >= 15 is 0 Å². The zero-order valence-electron chi connectivity index (χ0n) is 12.4. The van der Waals surface area contributed by atoms with Crippen LogP contribution in [0, 0.1) is 0 Å². The highest BCUT2D eigenvalue weighted by atomic mass is 32.1. The second kappa shape index (κ2) is 7.03. The molecule has 3 rings (SSSR count). The summed E-state index contributed by atoms with van der Waals surface area (Å²) in [6, 6.07) is 17.8. The lowest BCUT2D eigenvalue weighted by molar-refractivity contribution is 0.0711. The van der Waals surface area contributed by atoms with Gasteiger partial charge in [-0.05, 0) is 12.1 Å². The fourth-order valence-electron chi connectivity index (χ4n) is 2.13. The minimum absolute atomic E-state index is 0.215. The Morgan fingerprint density at radius 3 is 2.17 bits per heavy atom. The Hall–Kier alpha value is -3.03. The molecule has 2 aromatic carbocycles. The zero-order chi connectivity index (χ0) is 16.9. The van der Waals surface area contributed by atoms with Gasteiger partial charge in [-0.15, -0.1) is 0 Å². The normalized spacial score (nSPS) is 10.2. The lowest BCUT2D eigenvalue weighted by Gasteiger charge is -2.00. The zero-order valence-corrected chi connectivity index (χ0v) is 13.2. The Kier molecular flexibility index (Phi) is 4.64. The summed E-state index contributed by atoms with van der Waals surface area (Å²) in [6.07, 6.45) is 0. The van der Waals surface area contributed by atoms with Crippen molar-refractivity contribution >= 4 is 28.3 Å². The van der Waals surface area contributed by atoms with Gasteiger partial charge in [-0.1, -0.05) is 59.9 Å². The number of rotatable bonds is 4. The number of carbonyl (C=O) groups excluding carboxylic acids is 2. The number of carbonyl (C=O) groups is 2. The maximum atomic E-state index is 12.2. The third kappa shape index (κ3) is 3.32. The molecule has 3 N–H and O–H groups in total. The van der Waals surface area contributed by atoms with Crippen molar-refractivity contribution in [2.75, 3.05) is 5.32 Å². The fourth-order valence-corrected chi connectivity index (χ4v) is 3.00. The molecule has 2 amide bonds. The van der Waals surface area contributed by atoms with E-state index < -0.39 is 5.91 Å². The smallest absolute Gasteiger partial charge is 0.287 e. The Labute approximate surface area is 141 Å². The number of nitrogens with one attached hydrogen (secondary N) is 2. The molecule has 0 unspecified atom stereocenters. The van der Waals surface area contributed by atoms with E-state index in [4.69, 9.17) is 5.21 Å². The van der Waals surface area contributed by atoms with Crippen molar-refractivity contribution in [1.82, 2.24) is 10.5 Å². The van der Waals surface area contributed by atoms with Gasteiger partial charge in [0, 0.05) is 11.1 Å². The van der Waals surface area contributed by atoms with Crippen molar-refractivity contribution in [2.24, 2.45) is 0 Å². The molecule has 120 valence electrons. The Bertz CT molecular complexity index is 863. The molecule has 6 nitrogen and oxygen atoms in total. The molecule has 3 aromatic rings. The lowest BCUT2D eigenvalue weighted by Crippen LogP contribution is -2.18. The number of thiazole rings is 1. The lowest BCUT2D eigenvalue weighted by atomic mass is 10.1. The van der Waals surface area contributed by atoms with Crippen LogP contribution >= 0.6 is 11.3 Å². The molecule has 0 radical (unpaired) electrons. The van der Waals surface area contributed by atoms with E-state index in [1.54, 1.807) is 41.9 Å². The van der Waals surface area contributed by atoms with Gasteiger partial charge in [-0.2, -0.15) is 0 Å². The minimum Gasteiger partial charge on any atom is -0.298 e. The van der Waals surface area contributed by atoms with E-state index in [1.165, 1.54) is 0 Å². The molecule has 1 aromatic heterocycles. The highest BCUT2D eigenvalue weighted by Gasteiger charge is 2.20. The molecule has 0 aliphatic rings. The molecule has 7 heteroatoms. The predicted molar refractivity (Wildman–Crippen MR) is 91.2 cm³/mol. The van der Waals surface area contributed by atoms with Crippen LogP contribution in [-0.2, 0) is 0 Å². The first-order valence-corrected chi connectivity index (χ1v) is 7.88. The number of aromatic nitrogens is 1. The number of hydroxylamine groups is 1. The van der Waals surface area contributed by atoms with Crippen LogP contribution in [0.4, 0.5) is 5.13 Å². The van der Waals surface area contributed by atoms with Crippen LogP contribution in [0.3, 0.4) is 0 Å². The molecule has 0 atom stereocenters. The second-order valence-corrected chi connectivity index (χ2v) is 5.82. The third-order valence-electron chi connectivity index (χ3n) is 3.24. The maximum Gasteiger partial charge on any atom is 0.287 e. The van der Waals surface area contributed by atoms with E-state index in [1.807, 2.05) is 24.3 Å². The van der Waals surface area contributed by atoms with Gasteiger partial charge in [0.1, 0.15) is 4.88 Å². The summed E-state index contributed by atoms with van der Waals surface area (Å²) in [4.78, 5) is 28.6. The molecule has 0 saturated carbocycles. The van der Waals surface area contributed by atoms with Crippen molar-refractivity contribution in [1.29, 1.82) is 0 Å². The summed E-state index contributed by atoms with van der Waals surface area (Å²) in [7, 11) is 0. The summed E-state index contributed by atoms with van der Waals surface area (Å²) >= 11 is 0.995. The number of hydrogen-bond acceptors (Lipinski definition) is 5. The molecule has 1 heterocycles. The topological polar surface area (TPSA) is 91.3 Å². The summed E-state index contributed by atoms with van der Waals surface area (Å²) in [6.45, 7) is 0. The largest absolute Gasteiger partial charge is 0.298 e. The van der Waals surface area contributed by atoms with Crippen LogP contribution in [-0.4, -0.2) is 22.0 Å². The summed E-state index contributed by atoms with van der Waals surface area (Å²) < 4.78 is 0. The number of hydrogen-bond donors (Lipinski definition) is 3. The number of nitrogens with zero attached hydrogens (tertiary/aromatic N) is 1. The van der Waals surface area contributed by atoms with Crippen LogP contribution in [0.1, 0.15) is 20.0 Å². The van der Waals surface area contributed by atoms with Crippen molar-refractivity contribution in [3.63, 3.8) is 0 Å². The first-order valence-electron chi connectivity index (χ1n) is 7.06. The van der Waals surface area contributed by atoms with Gasteiger partial charge < -0.3 is 0 Å². The molecule has 0 saturated heterocycles. The maximum absolute atomic E-state index is 12.2. The predicted octanol–water partition coefficient (Wildman–Crippen LogP) is 3.18. The van der Waals surface area contributed by atoms with Gasteiger partial charge in [-0.25, -0.2) is 10.5 Å². The number of anilines is 1. The fraction of sp³-hybridized carbons (Fsp3) is 0. The highest BCUT2D eigenvalue weighted by Crippen LogP contribution is 2.31. The Morgan fingerprint density at radius 1 is 0.917 bits per heavy atom. The van der Waals surface area contributed by atoms with E-state index in [-0.39, 0.29) is 15.9 Å².